The van der Waals surface area contributed by atoms with E-state index in [0.717, 1.165) is 4.90 Å². The Kier molecular flexibility index (Phi) is 3.76. The van der Waals surface area contributed by atoms with Crippen molar-refractivity contribution in [3.63, 3.8) is 0 Å². The predicted octanol–water partition coefficient (Wildman–Crippen LogP) is 1.34. The molecule has 2 aromatic rings. The Morgan fingerprint density at radius 3 is 2.30 bits per heavy atom. The van der Waals surface area contributed by atoms with Crippen LogP contribution in [0.3, 0.4) is 0 Å². The smallest absolute Gasteiger partial charge is 0.341 e. The molecule has 0 radical (unpaired) electrons. The second kappa shape index (κ2) is 5.88. The first-order valence-electron chi connectivity index (χ1n) is 6.82. The second-order valence-electron chi connectivity index (χ2n) is 4.89. The third-order valence-corrected chi connectivity index (χ3v) is 3.32. The lowest BCUT2D eigenvalue weighted by Crippen LogP contribution is -2.29. The average molecular weight is 312 g/mol. The fourth-order valence-corrected chi connectivity index (χ4v) is 2.31. The maximum absolute atomic E-state index is 12.3. The molecule has 0 spiro atoms. The molecule has 1 aliphatic heterocycles. The van der Waals surface area contributed by atoms with Crippen LogP contribution in [0.5, 0.6) is 5.88 Å². The Labute approximate surface area is 131 Å². The maximum atomic E-state index is 12.3. The van der Waals surface area contributed by atoms with E-state index in [1.807, 2.05) is 0 Å². The highest BCUT2D eigenvalue weighted by Gasteiger charge is 2.35. The number of ether oxygens (including phenoxy) is 1. The molecule has 0 aliphatic carbocycles. The monoisotopic (exact) mass is 312 g/mol. The van der Waals surface area contributed by atoms with E-state index in [4.69, 9.17) is 9.84 Å². The summed E-state index contributed by atoms with van der Waals surface area (Å²) in [5, 5.41) is 8.59. The lowest BCUT2D eigenvalue weighted by atomic mass is 10.1. The zero-order chi connectivity index (χ0) is 16.4. The van der Waals surface area contributed by atoms with Crippen molar-refractivity contribution in [2.75, 3.05) is 6.61 Å². The third-order valence-electron chi connectivity index (χ3n) is 3.32. The van der Waals surface area contributed by atoms with E-state index >= 15 is 0 Å². The van der Waals surface area contributed by atoms with Crippen LogP contribution in [-0.2, 0) is 11.3 Å². The standard InChI is InChI=1S/C16H12N2O5/c19-14(20)9-23-13-7-3-4-10(17-13)8-18-15(21)11-5-1-2-6-12(11)16(18)22/h1-7H,8-9H2,(H,19,20). The van der Waals surface area contributed by atoms with Gasteiger partial charge in [0.15, 0.2) is 6.61 Å². The number of hydrogen-bond acceptors (Lipinski definition) is 5. The molecule has 3 rings (SSSR count). The predicted molar refractivity (Wildman–Crippen MR) is 78.0 cm³/mol. The number of carbonyl (C=O) groups excluding carboxylic acids is 2. The van der Waals surface area contributed by atoms with Crippen LogP contribution >= 0.6 is 0 Å². The minimum Gasteiger partial charge on any atom is -0.479 e. The lowest BCUT2D eigenvalue weighted by Gasteiger charge is -2.13. The molecule has 1 aromatic carbocycles. The molecule has 23 heavy (non-hydrogen) atoms. The zero-order valence-corrected chi connectivity index (χ0v) is 11.9. The van der Waals surface area contributed by atoms with E-state index in [1.54, 1.807) is 36.4 Å². The van der Waals surface area contributed by atoms with Crippen molar-refractivity contribution >= 4 is 17.8 Å². The molecular weight excluding hydrogens is 300 g/mol. The number of amides is 2. The summed E-state index contributed by atoms with van der Waals surface area (Å²) < 4.78 is 4.99. The van der Waals surface area contributed by atoms with Gasteiger partial charge in [-0.05, 0) is 18.2 Å². The Hall–Kier alpha value is -3.22. The van der Waals surface area contributed by atoms with Crippen molar-refractivity contribution in [1.82, 2.24) is 9.88 Å². The molecule has 1 aromatic heterocycles. The fourth-order valence-electron chi connectivity index (χ4n) is 2.31. The molecule has 0 unspecified atom stereocenters. The first-order chi connectivity index (χ1) is 11.1. The highest BCUT2D eigenvalue weighted by molar-refractivity contribution is 6.21. The van der Waals surface area contributed by atoms with Gasteiger partial charge in [-0.25, -0.2) is 9.78 Å². The van der Waals surface area contributed by atoms with Crippen molar-refractivity contribution in [1.29, 1.82) is 0 Å². The minimum atomic E-state index is -1.11. The van der Waals surface area contributed by atoms with Crippen molar-refractivity contribution in [3.05, 3.63) is 59.3 Å². The number of aliphatic carboxylic acids is 1. The number of benzene rings is 1. The molecule has 0 saturated carbocycles. The number of imide groups is 1. The normalized spacial score (nSPS) is 13.1. The number of hydrogen-bond donors (Lipinski definition) is 1. The number of nitrogens with zero attached hydrogens (tertiary/aromatic N) is 2. The zero-order valence-electron chi connectivity index (χ0n) is 11.9. The van der Waals surface area contributed by atoms with E-state index in [0.29, 0.717) is 16.8 Å². The Morgan fingerprint density at radius 2 is 1.70 bits per heavy atom. The van der Waals surface area contributed by atoms with Crippen LogP contribution in [0.2, 0.25) is 0 Å². The summed E-state index contributed by atoms with van der Waals surface area (Å²) in [7, 11) is 0. The van der Waals surface area contributed by atoms with Gasteiger partial charge in [0.05, 0.1) is 23.4 Å². The molecule has 0 bridgehead atoms. The molecule has 0 atom stereocenters. The second-order valence-corrected chi connectivity index (χ2v) is 4.89. The lowest BCUT2D eigenvalue weighted by molar-refractivity contribution is -0.139. The summed E-state index contributed by atoms with van der Waals surface area (Å²) in [6, 6.07) is 11.4. The highest BCUT2D eigenvalue weighted by Crippen LogP contribution is 2.24. The van der Waals surface area contributed by atoms with E-state index in [2.05, 4.69) is 4.98 Å². The van der Waals surface area contributed by atoms with Gasteiger partial charge in [-0.2, -0.15) is 0 Å². The van der Waals surface area contributed by atoms with Crippen molar-refractivity contribution in [3.8, 4) is 5.88 Å². The first kappa shape index (κ1) is 14.7. The summed E-state index contributed by atoms with van der Waals surface area (Å²) in [5.74, 6) is -1.73. The van der Waals surface area contributed by atoms with E-state index < -0.39 is 12.6 Å². The van der Waals surface area contributed by atoms with Gasteiger partial charge in [0.1, 0.15) is 0 Å². The van der Waals surface area contributed by atoms with Gasteiger partial charge in [0, 0.05) is 6.07 Å². The van der Waals surface area contributed by atoms with Gasteiger partial charge in [0.25, 0.3) is 11.8 Å². The Morgan fingerprint density at radius 1 is 1.04 bits per heavy atom. The molecule has 7 heteroatoms. The number of fused-ring (bicyclic) bond motifs is 1. The van der Waals surface area contributed by atoms with Crippen LogP contribution in [-0.4, -0.2) is 39.4 Å². The van der Waals surface area contributed by atoms with Gasteiger partial charge in [-0.3, -0.25) is 14.5 Å². The molecule has 0 fully saturated rings. The fraction of sp³-hybridized carbons (Fsp3) is 0.125. The molecule has 1 aliphatic rings. The number of carbonyl (C=O) groups is 3. The van der Waals surface area contributed by atoms with Crippen molar-refractivity contribution < 1.29 is 24.2 Å². The molecule has 0 saturated heterocycles. The van der Waals surface area contributed by atoms with E-state index in [1.165, 1.54) is 6.07 Å². The van der Waals surface area contributed by atoms with Gasteiger partial charge < -0.3 is 9.84 Å². The summed E-state index contributed by atoms with van der Waals surface area (Å²) in [5.41, 5.74) is 1.17. The van der Waals surface area contributed by atoms with Crippen molar-refractivity contribution in [2.24, 2.45) is 0 Å². The van der Waals surface area contributed by atoms with Crippen molar-refractivity contribution in [2.45, 2.75) is 6.54 Å². The van der Waals surface area contributed by atoms with Crippen LogP contribution in [0, 0.1) is 0 Å². The molecule has 7 nitrogen and oxygen atoms in total. The number of carboxylic acids is 1. The molecule has 116 valence electrons. The van der Waals surface area contributed by atoms with E-state index in [-0.39, 0.29) is 24.2 Å². The number of carboxylic acid groups (broad SMARTS) is 1. The number of aromatic nitrogens is 1. The van der Waals surface area contributed by atoms with Crippen LogP contribution in [0.25, 0.3) is 0 Å². The Bertz CT molecular complexity index is 768. The van der Waals surface area contributed by atoms with Crippen LogP contribution < -0.4 is 4.74 Å². The summed E-state index contributed by atoms with van der Waals surface area (Å²) in [4.78, 5) is 40.3. The minimum absolute atomic E-state index is 0.00336. The van der Waals surface area contributed by atoms with Crippen LogP contribution in [0.15, 0.2) is 42.5 Å². The summed E-state index contributed by atoms with van der Waals surface area (Å²) >= 11 is 0. The Balaban J connectivity index is 1.78. The first-order valence-corrected chi connectivity index (χ1v) is 6.82. The maximum Gasteiger partial charge on any atom is 0.341 e. The summed E-state index contributed by atoms with van der Waals surface area (Å²) in [6.45, 7) is -0.514. The van der Waals surface area contributed by atoms with Crippen LogP contribution in [0.1, 0.15) is 26.4 Å². The number of pyridine rings is 1. The quantitative estimate of drug-likeness (QED) is 0.837. The highest BCUT2D eigenvalue weighted by atomic mass is 16.5. The summed E-state index contributed by atoms with van der Waals surface area (Å²) in [6.07, 6.45) is 0. The SMILES string of the molecule is O=C(O)COc1cccc(CN2C(=O)c3ccccc3C2=O)n1. The van der Waals surface area contributed by atoms with E-state index in [9.17, 15) is 14.4 Å². The molecule has 2 heterocycles. The molecule has 1 N–H and O–H groups in total. The largest absolute Gasteiger partial charge is 0.479 e. The van der Waals surface area contributed by atoms with Gasteiger partial charge in [-0.15, -0.1) is 0 Å². The molecule has 2 amide bonds. The van der Waals surface area contributed by atoms with Gasteiger partial charge in [0.2, 0.25) is 5.88 Å². The third kappa shape index (κ3) is 2.89. The number of rotatable bonds is 5. The topological polar surface area (TPSA) is 96.8 Å². The van der Waals surface area contributed by atoms with Crippen LogP contribution in [0.4, 0.5) is 0 Å². The average Bonchev–Trinajstić information content (AvgIpc) is 2.79. The van der Waals surface area contributed by atoms with Gasteiger partial charge >= 0.3 is 5.97 Å². The van der Waals surface area contributed by atoms with Gasteiger partial charge in [-0.1, -0.05) is 18.2 Å². The molecular formula is C16H12N2O5.